The SMILES string of the molecule is CCC(NC(=O)N1CCCC(CCC(=O)O)C1)C(C)C. The van der Waals surface area contributed by atoms with Gasteiger partial charge in [-0.2, -0.15) is 0 Å². The summed E-state index contributed by atoms with van der Waals surface area (Å²) in [5.41, 5.74) is 0. The summed E-state index contributed by atoms with van der Waals surface area (Å²) in [5.74, 6) is -0.00120. The second-order valence-electron chi connectivity index (χ2n) is 6.09. The lowest BCUT2D eigenvalue weighted by molar-refractivity contribution is -0.137. The molecule has 0 saturated carbocycles. The van der Waals surface area contributed by atoms with Gasteiger partial charge in [-0.3, -0.25) is 4.79 Å². The summed E-state index contributed by atoms with van der Waals surface area (Å²) in [7, 11) is 0. The van der Waals surface area contributed by atoms with Gasteiger partial charge in [0, 0.05) is 25.6 Å². The zero-order chi connectivity index (χ0) is 15.1. The number of hydrogen-bond donors (Lipinski definition) is 2. The largest absolute Gasteiger partial charge is 0.481 e. The van der Waals surface area contributed by atoms with Crippen molar-refractivity contribution in [1.29, 1.82) is 0 Å². The van der Waals surface area contributed by atoms with Crippen LogP contribution in [0.2, 0.25) is 0 Å². The fraction of sp³-hybridized carbons (Fsp3) is 0.867. The normalized spacial score (nSPS) is 20.8. The van der Waals surface area contributed by atoms with Gasteiger partial charge in [0.25, 0.3) is 0 Å². The Kier molecular flexibility index (Phi) is 6.82. The van der Waals surface area contributed by atoms with Crippen molar-refractivity contribution in [3.05, 3.63) is 0 Å². The first-order valence-electron chi connectivity index (χ1n) is 7.71. The van der Waals surface area contributed by atoms with E-state index in [4.69, 9.17) is 5.11 Å². The lowest BCUT2D eigenvalue weighted by Gasteiger charge is -2.34. The molecule has 1 fully saturated rings. The van der Waals surface area contributed by atoms with Crippen molar-refractivity contribution in [2.24, 2.45) is 11.8 Å². The smallest absolute Gasteiger partial charge is 0.317 e. The fourth-order valence-electron chi connectivity index (χ4n) is 2.80. The molecule has 20 heavy (non-hydrogen) atoms. The number of piperidine rings is 1. The summed E-state index contributed by atoms with van der Waals surface area (Å²) in [4.78, 5) is 24.7. The second-order valence-corrected chi connectivity index (χ2v) is 6.09. The first-order chi connectivity index (χ1) is 9.43. The van der Waals surface area contributed by atoms with E-state index in [0.29, 0.717) is 24.8 Å². The van der Waals surface area contributed by atoms with Gasteiger partial charge in [0.1, 0.15) is 0 Å². The lowest BCUT2D eigenvalue weighted by atomic mass is 9.93. The summed E-state index contributed by atoms with van der Waals surface area (Å²) in [6.45, 7) is 7.77. The van der Waals surface area contributed by atoms with Crippen LogP contribution < -0.4 is 5.32 Å². The number of carbonyl (C=O) groups excluding carboxylic acids is 1. The minimum absolute atomic E-state index is 0.00516. The van der Waals surface area contributed by atoms with Crippen LogP contribution in [0.3, 0.4) is 0 Å². The number of aliphatic carboxylic acids is 1. The van der Waals surface area contributed by atoms with Crippen LogP contribution in [0.15, 0.2) is 0 Å². The number of carboxylic acid groups (broad SMARTS) is 1. The third kappa shape index (κ3) is 5.39. The van der Waals surface area contributed by atoms with E-state index < -0.39 is 5.97 Å². The quantitative estimate of drug-likeness (QED) is 0.788. The summed E-state index contributed by atoms with van der Waals surface area (Å²) in [6, 6.07) is 0.215. The van der Waals surface area contributed by atoms with E-state index in [1.807, 2.05) is 4.90 Å². The molecule has 116 valence electrons. The maximum Gasteiger partial charge on any atom is 0.317 e. The van der Waals surface area contributed by atoms with Gasteiger partial charge in [0.15, 0.2) is 0 Å². The highest BCUT2D eigenvalue weighted by Gasteiger charge is 2.25. The van der Waals surface area contributed by atoms with Crippen LogP contribution in [0.5, 0.6) is 0 Å². The summed E-state index contributed by atoms with van der Waals surface area (Å²) in [6.07, 6.45) is 3.79. The fourth-order valence-corrected chi connectivity index (χ4v) is 2.80. The van der Waals surface area contributed by atoms with Gasteiger partial charge >= 0.3 is 12.0 Å². The number of hydrogen-bond acceptors (Lipinski definition) is 2. The molecule has 1 saturated heterocycles. The molecule has 5 nitrogen and oxygen atoms in total. The van der Waals surface area contributed by atoms with Crippen LogP contribution in [-0.2, 0) is 4.79 Å². The van der Waals surface area contributed by atoms with Crippen LogP contribution in [0, 0.1) is 11.8 Å². The Labute approximate surface area is 121 Å². The Morgan fingerprint density at radius 1 is 1.40 bits per heavy atom. The lowest BCUT2D eigenvalue weighted by Crippen LogP contribution is -2.49. The number of amides is 2. The van der Waals surface area contributed by atoms with Crippen LogP contribution in [0.1, 0.15) is 52.9 Å². The van der Waals surface area contributed by atoms with Crippen LogP contribution in [-0.4, -0.2) is 41.1 Å². The van der Waals surface area contributed by atoms with Gasteiger partial charge in [0.2, 0.25) is 0 Å². The highest BCUT2D eigenvalue weighted by atomic mass is 16.4. The first-order valence-corrected chi connectivity index (χ1v) is 7.71. The molecule has 0 radical (unpaired) electrons. The Bertz CT molecular complexity index is 331. The molecule has 1 heterocycles. The van der Waals surface area contributed by atoms with Gasteiger partial charge in [-0.25, -0.2) is 4.79 Å². The monoisotopic (exact) mass is 284 g/mol. The summed E-state index contributed by atoms with van der Waals surface area (Å²) >= 11 is 0. The molecule has 5 heteroatoms. The van der Waals surface area contributed by atoms with Crippen molar-refractivity contribution in [2.75, 3.05) is 13.1 Å². The highest BCUT2D eigenvalue weighted by Crippen LogP contribution is 2.21. The van der Waals surface area contributed by atoms with Crippen molar-refractivity contribution in [3.8, 4) is 0 Å². The zero-order valence-electron chi connectivity index (χ0n) is 12.9. The van der Waals surface area contributed by atoms with Crippen LogP contribution in [0.25, 0.3) is 0 Å². The standard InChI is InChI=1S/C15H28N2O3/c1-4-13(11(2)3)16-15(20)17-9-5-6-12(10-17)7-8-14(18)19/h11-13H,4-10H2,1-3H3,(H,16,20)(H,18,19). The number of rotatable bonds is 6. The van der Waals surface area contributed by atoms with Crippen molar-refractivity contribution in [2.45, 2.75) is 58.9 Å². The van der Waals surface area contributed by atoms with E-state index in [0.717, 1.165) is 25.8 Å². The van der Waals surface area contributed by atoms with Crippen molar-refractivity contribution in [1.82, 2.24) is 10.2 Å². The average Bonchev–Trinajstić information content (AvgIpc) is 2.42. The van der Waals surface area contributed by atoms with Crippen molar-refractivity contribution in [3.63, 3.8) is 0 Å². The topological polar surface area (TPSA) is 69.6 Å². The maximum atomic E-state index is 12.3. The molecule has 0 aromatic carbocycles. The number of likely N-dealkylation sites (tertiary alicyclic amines) is 1. The number of carbonyl (C=O) groups is 2. The zero-order valence-corrected chi connectivity index (χ0v) is 12.9. The molecule has 2 N–H and O–H groups in total. The summed E-state index contributed by atoms with van der Waals surface area (Å²) in [5, 5.41) is 11.8. The van der Waals surface area contributed by atoms with Crippen molar-refractivity contribution < 1.29 is 14.7 Å². The molecule has 0 aromatic heterocycles. The van der Waals surface area contributed by atoms with E-state index in [9.17, 15) is 9.59 Å². The molecular formula is C15H28N2O3. The van der Waals surface area contributed by atoms with E-state index in [1.165, 1.54) is 0 Å². The Morgan fingerprint density at radius 2 is 2.10 bits per heavy atom. The number of urea groups is 1. The van der Waals surface area contributed by atoms with E-state index >= 15 is 0 Å². The van der Waals surface area contributed by atoms with Gasteiger partial charge in [-0.05, 0) is 37.5 Å². The Morgan fingerprint density at radius 3 is 2.65 bits per heavy atom. The molecule has 0 bridgehead atoms. The minimum atomic E-state index is -0.752. The molecule has 0 aromatic rings. The minimum Gasteiger partial charge on any atom is -0.481 e. The molecule has 2 unspecified atom stereocenters. The third-order valence-corrected chi connectivity index (χ3v) is 4.13. The molecule has 1 rings (SSSR count). The maximum absolute atomic E-state index is 12.3. The van der Waals surface area contributed by atoms with Gasteiger partial charge in [-0.15, -0.1) is 0 Å². The number of carboxylic acids is 1. The average molecular weight is 284 g/mol. The van der Waals surface area contributed by atoms with Crippen LogP contribution >= 0.6 is 0 Å². The molecule has 0 spiro atoms. The van der Waals surface area contributed by atoms with E-state index in [2.05, 4.69) is 26.1 Å². The third-order valence-electron chi connectivity index (χ3n) is 4.13. The van der Waals surface area contributed by atoms with Gasteiger partial charge in [0.05, 0.1) is 0 Å². The number of nitrogens with one attached hydrogen (secondary N) is 1. The number of nitrogens with zero attached hydrogens (tertiary/aromatic N) is 1. The Hall–Kier alpha value is -1.26. The first kappa shape index (κ1) is 16.8. The molecule has 0 aliphatic carbocycles. The van der Waals surface area contributed by atoms with Crippen LogP contribution in [0.4, 0.5) is 4.79 Å². The van der Waals surface area contributed by atoms with E-state index in [-0.39, 0.29) is 18.5 Å². The highest BCUT2D eigenvalue weighted by molar-refractivity contribution is 5.74. The molecular weight excluding hydrogens is 256 g/mol. The van der Waals surface area contributed by atoms with Gasteiger partial charge in [-0.1, -0.05) is 20.8 Å². The van der Waals surface area contributed by atoms with Gasteiger partial charge < -0.3 is 15.3 Å². The molecule has 1 aliphatic rings. The Balaban J connectivity index is 2.45. The molecule has 2 amide bonds. The molecule has 2 atom stereocenters. The summed E-state index contributed by atoms with van der Waals surface area (Å²) < 4.78 is 0. The van der Waals surface area contributed by atoms with Crippen molar-refractivity contribution >= 4 is 12.0 Å². The second kappa shape index (κ2) is 8.12. The predicted octanol–water partition coefficient (Wildman–Crippen LogP) is 2.71. The van der Waals surface area contributed by atoms with E-state index in [1.54, 1.807) is 0 Å². The predicted molar refractivity (Wildman–Crippen MR) is 78.6 cm³/mol. The molecule has 1 aliphatic heterocycles.